The van der Waals surface area contributed by atoms with E-state index in [4.69, 9.17) is 58.5 Å². The highest BCUT2D eigenvalue weighted by atomic mass is 32.5. The van der Waals surface area contributed by atoms with Crippen molar-refractivity contribution in [2.75, 3.05) is 73.6 Å². The molecule has 3 aliphatic heterocycles. The van der Waals surface area contributed by atoms with Gasteiger partial charge in [0.25, 0.3) is 11.8 Å². The summed E-state index contributed by atoms with van der Waals surface area (Å²) in [7, 11) is 3.05. The molecule has 1 aromatic carbocycles. The molecule has 0 saturated carbocycles. The summed E-state index contributed by atoms with van der Waals surface area (Å²) in [6.07, 6.45) is 56.9. The van der Waals surface area contributed by atoms with E-state index in [1.54, 1.807) is 33.0 Å². The molecule has 1 saturated heterocycles. The van der Waals surface area contributed by atoms with E-state index >= 15 is 0 Å². The summed E-state index contributed by atoms with van der Waals surface area (Å²) >= 11 is 5.80. The first-order chi connectivity index (χ1) is 55.1. The second-order valence-corrected chi connectivity index (χ2v) is 34.6. The molecule has 23 nitrogen and oxygen atoms in total. The molecule has 648 valence electrons. The van der Waals surface area contributed by atoms with Crippen LogP contribution >= 0.6 is 6.72 Å². The van der Waals surface area contributed by atoms with Gasteiger partial charge in [0.05, 0.1) is 77.9 Å². The number of benzene rings is 1. The maximum atomic E-state index is 14.5. The van der Waals surface area contributed by atoms with E-state index in [-0.39, 0.29) is 70.0 Å². The number of amides is 3. The minimum absolute atomic E-state index is 0.0587. The average Bonchev–Trinajstić information content (AvgIpc) is 1.61. The molecule has 7 atom stereocenters. The molecule has 0 aliphatic carbocycles. The SMILES string of the molecule is CCCCCCCCCCCCCCCCCCOc1cc(C(=O)N(C)CCOC(=O)CCC(=O)OCCOP(=S)(OCCC#N)OC2[C@@H](CO)O[C@@H](N3C=NC4C(=O)NC(NC(=O)C(C)C)=NC43)[C@H]2OC)cc(OCCCCCCCCCCCCCCCCCC)c1OCCCCCCCCCCCCCCCCCC. The van der Waals surface area contributed by atoms with E-state index in [0.29, 0.717) is 42.6 Å². The molecule has 25 heteroatoms. The Bertz CT molecular complexity index is 2790. The van der Waals surface area contributed by atoms with Gasteiger partial charge >= 0.3 is 18.7 Å². The fraction of sp³-hybridized carbons (Fsp3) is 0.841. The molecule has 0 radical (unpaired) electrons. The van der Waals surface area contributed by atoms with E-state index in [2.05, 4.69) is 41.4 Å². The smallest absolute Gasteiger partial charge is 0.327 e. The van der Waals surface area contributed by atoms with Crippen molar-refractivity contribution >= 4 is 60.5 Å². The first-order valence-electron chi connectivity index (χ1n) is 45.0. The molecule has 3 amide bonds. The van der Waals surface area contributed by atoms with Gasteiger partial charge in [-0.3, -0.25) is 44.1 Å². The number of likely N-dealkylation sites (N-methyl/N-ethyl adjacent to an activating group) is 1. The fourth-order valence-corrected chi connectivity index (χ4v) is 16.5. The number of hydrogen-bond donors (Lipinski definition) is 3. The molecule has 3 N–H and O–H groups in total. The van der Waals surface area contributed by atoms with Crippen molar-refractivity contribution < 1.29 is 75.8 Å². The molecule has 0 spiro atoms. The third-order valence-electron chi connectivity index (χ3n) is 21.4. The lowest BCUT2D eigenvalue weighted by atomic mass is 10.0. The van der Waals surface area contributed by atoms with E-state index in [1.165, 1.54) is 280 Å². The number of aliphatic hydroxyl groups is 1. The lowest BCUT2D eigenvalue weighted by Crippen LogP contribution is -2.58. The summed E-state index contributed by atoms with van der Waals surface area (Å²) in [4.78, 5) is 78.1. The minimum Gasteiger partial charge on any atom is -0.490 e. The van der Waals surface area contributed by atoms with Gasteiger partial charge in [0.1, 0.15) is 31.5 Å². The Labute approximate surface area is 687 Å². The Morgan fingerprint density at radius 3 is 1.38 bits per heavy atom. The summed E-state index contributed by atoms with van der Waals surface area (Å²) in [5.41, 5.74) is 0.373. The molecular formula is C88H154N7O16PS. The molecule has 113 heavy (non-hydrogen) atoms. The van der Waals surface area contributed by atoms with Gasteiger partial charge in [-0.05, 0) is 43.2 Å². The number of nitrogens with zero attached hydrogens (tertiary/aromatic N) is 5. The lowest BCUT2D eigenvalue weighted by molar-refractivity contribution is -0.150. The topological polar surface area (TPSA) is 277 Å². The van der Waals surface area contributed by atoms with Crippen molar-refractivity contribution in [2.24, 2.45) is 15.9 Å². The van der Waals surface area contributed by atoms with Crippen molar-refractivity contribution in [3.05, 3.63) is 17.7 Å². The number of guanidine groups is 1. The number of rotatable bonds is 74. The fourth-order valence-electron chi connectivity index (χ4n) is 14.4. The van der Waals surface area contributed by atoms with Crippen LogP contribution in [0.25, 0.3) is 0 Å². The molecule has 4 unspecified atom stereocenters. The number of esters is 2. The number of aliphatic imine (C=N–C) groups is 2. The number of ether oxygens (including phenoxy) is 7. The number of carbonyl (C=O) groups is 5. The second kappa shape index (κ2) is 65.0. The maximum absolute atomic E-state index is 14.5. The van der Waals surface area contributed by atoms with Gasteiger partial charge in [-0.1, -0.05) is 324 Å². The number of unbranched alkanes of at least 4 members (excludes halogenated alkanes) is 45. The van der Waals surface area contributed by atoms with Crippen molar-refractivity contribution in [1.29, 1.82) is 5.26 Å². The van der Waals surface area contributed by atoms with Crippen LogP contribution < -0.4 is 24.8 Å². The number of aliphatic hydroxyl groups excluding tert-OH is 1. The Morgan fingerprint density at radius 1 is 0.584 bits per heavy atom. The van der Waals surface area contributed by atoms with Crippen LogP contribution in [0.1, 0.15) is 372 Å². The molecule has 1 fully saturated rings. The Balaban J connectivity index is 1.34. The minimum atomic E-state index is -3.82. The molecule has 0 aromatic heterocycles. The van der Waals surface area contributed by atoms with Gasteiger partial charge in [-0.25, -0.2) is 4.99 Å². The molecule has 4 rings (SSSR count). The van der Waals surface area contributed by atoms with Gasteiger partial charge in [-0.2, -0.15) is 5.26 Å². The van der Waals surface area contributed by atoms with E-state index < -0.39 is 73.8 Å². The summed E-state index contributed by atoms with van der Waals surface area (Å²) < 4.78 is 61.2. The number of methoxy groups -OCH3 is 1. The number of hydrogen-bond acceptors (Lipinski definition) is 21. The second-order valence-electron chi connectivity index (χ2n) is 31.6. The van der Waals surface area contributed by atoms with Crippen LogP contribution in [0.4, 0.5) is 0 Å². The highest BCUT2D eigenvalue weighted by Crippen LogP contribution is 2.53. The summed E-state index contributed by atoms with van der Waals surface area (Å²) in [6, 6.07) is 4.55. The molecular weight excluding hydrogens is 1470 g/mol. The van der Waals surface area contributed by atoms with Crippen LogP contribution in [0.15, 0.2) is 22.1 Å². The normalized spacial score (nSPS) is 17.7. The van der Waals surface area contributed by atoms with E-state index in [1.807, 2.05) is 6.07 Å². The first-order valence-corrected chi connectivity index (χ1v) is 47.6. The van der Waals surface area contributed by atoms with Crippen molar-refractivity contribution in [3.63, 3.8) is 0 Å². The molecule has 3 aliphatic rings. The average molecular weight is 1630 g/mol. The zero-order valence-electron chi connectivity index (χ0n) is 71.4. The predicted molar refractivity (Wildman–Crippen MR) is 454 cm³/mol. The van der Waals surface area contributed by atoms with Gasteiger partial charge in [0.2, 0.25) is 17.6 Å². The van der Waals surface area contributed by atoms with Crippen LogP contribution in [0.3, 0.4) is 0 Å². The Kier molecular flexibility index (Phi) is 57.7. The van der Waals surface area contributed by atoms with Gasteiger partial charge in [-0.15, -0.1) is 0 Å². The third kappa shape index (κ3) is 44.4. The van der Waals surface area contributed by atoms with Crippen molar-refractivity contribution in [3.8, 4) is 23.3 Å². The number of nitrogens with one attached hydrogen (secondary N) is 2. The third-order valence-corrected chi connectivity index (χ3v) is 23.8. The van der Waals surface area contributed by atoms with Crippen LogP contribution in [0, 0.1) is 17.2 Å². The first kappa shape index (κ1) is 100. The summed E-state index contributed by atoms with van der Waals surface area (Å²) in [5, 5.41) is 25.1. The lowest BCUT2D eigenvalue weighted by Gasteiger charge is -2.34. The predicted octanol–water partition coefficient (Wildman–Crippen LogP) is 20.1. The Morgan fingerprint density at radius 2 is 0.982 bits per heavy atom. The van der Waals surface area contributed by atoms with Crippen molar-refractivity contribution in [1.82, 2.24) is 20.4 Å². The van der Waals surface area contributed by atoms with E-state index in [9.17, 15) is 34.3 Å². The Hall–Kier alpha value is -4.99. The zero-order chi connectivity index (χ0) is 81.6. The van der Waals surface area contributed by atoms with Gasteiger partial charge in [0, 0.05) is 25.6 Å². The van der Waals surface area contributed by atoms with E-state index in [0.717, 1.165) is 51.4 Å². The van der Waals surface area contributed by atoms with Gasteiger partial charge < -0.3 is 57.1 Å². The molecule has 3 heterocycles. The van der Waals surface area contributed by atoms with Crippen LogP contribution in [0.2, 0.25) is 0 Å². The van der Waals surface area contributed by atoms with Crippen LogP contribution in [0.5, 0.6) is 17.2 Å². The highest BCUT2D eigenvalue weighted by Gasteiger charge is 2.54. The zero-order valence-corrected chi connectivity index (χ0v) is 73.1. The molecule has 0 bridgehead atoms. The number of nitriles is 1. The van der Waals surface area contributed by atoms with Crippen LogP contribution in [-0.2, 0) is 63.5 Å². The maximum Gasteiger partial charge on any atom is 0.327 e. The molecule has 1 aromatic rings. The van der Waals surface area contributed by atoms with Crippen LogP contribution in [-0.4, -0.2) is 167 Å². The number of carbonyl (C=O) groups excluding carboxylic acids is 5. The van der Waals surface area contributed by atoms with Crippen molar-refractivity contribution in [2.45, 2.75) is 399 Å². The largest absolute Gasteiger partial charge is 0.490 e. The highest BCUT2D eigenvalue weighted by molar-refractivity contribution is 8.07. The number of fused-ring (bicyclic) bond motifs is 1. The summed E-state index contributed by atoms with van der Waals surface area (Å²) in [5.74, 6) is -1.48. The monoisotopic (exact) mass is 1630 g/mol. The standard InChI is InChI=1S/C88H154N7O16PS/c1-8-11-14-17-20-23-26-29-32-35-38-41-44-47-50-53-61-103-74-68-73(69-75(104-62-54-51-48-45-42-39-36-33-30-27-24-21-18-15-12-9-2)80(74)107-63-55-52-49-46-43-40-37-34-31-28-25-22-19-16-13-10-3)86(101)94(6)60-65-105-77(97)57-58-78(98)106-66-67-109-112(113,108-64-56-59-89)111-81-76(70-96)110-87(82(81)102-7)95-71-90-79-83(95)91-88(93-85(79)100)92-84(99)72(4)5/h68-69,71-72,76,79,81-83,87,96H,8-58,60-67,70H2,1-7H3,(H2,91,92,93,99,100)/t76-,79?,81?,82+,83?,87-,112?/m1/s1. The van der Waals surface area contributed by atoms with Gasteiger partial charge in [0.15, 0.2) is 29.9 Å². The summed E-state index contributed by atoms with van der Waals surface area (Å²) in [6.45, 7) is 6.43. The quantitative estimate of drug-likeness (QED) is 0.0310.